The maximum Gasteiger partial charge on any atom is 0.222 e. The van der Waals surface area contributed by atoms with Crippen LogP contribution < -0.4 is 10.6 Å². The molecule has 1 aromatic carbocycles. The first-order chi connectivity index (χ1) is 10.6. The quantitative estimate of drug-likeness (QED) is 0.798. The Morgan fingerprint density at radius 1 is 1.48 bits per heavy atom. The van der Waals surface area contributed by atoms with Gasteiger partial charge in [0.15, 0.2) is 0 Å². The summed E-state index contributed by atoms with van der Waals surface area (Å²) in [4.78, 5) is 12.1. The van der Waals surface area contributed by atoms with Crippen LogP contribution in [0, 0.1) is 17.7 Å². The Kier molecular flexibility index (Phi) is 9.19. The molecule has 5 heteroatoms. The van der Waals surface area contributed by atoms with Gasteiger partial charge in [-0.1, -0.05) is 19.1 Å². The molecule has 1 heterocycles. The molecular weight excluding hydrogens is 315 g/mol. The van der Waals surface area contributed by atoms with Crippen LogP contribution in [0.25, 0.3) is 0 Å². The van der Waals surface area contributed by atoms with E-state index in [4.69, 9.17) is 0 Å². The third kappa shape index (κ3) is 7.32. The molecule has 1 saturated heterocycles. The molecule has 2 N–H and O–H groups in total. The molecular formula is C18H28ClFN2O. The minimum absolute atomic E-state index is 0. The van der Waals surface area contributed by atoms with Crippen molar-refractivity contribution in [1.82, 2.24) is 10.6 Å². The summed E-state index contributed by atoms with van der Waals surface area (Å²) in [5.41, 5.74) is 0.952. The van der Waals surface area contributed by atoms with Gasteiger partial charge in [-0.3, -0.25) is 4.79 Å². The molecule has 0 saturated carbocycles. The molecule has 0 bridgehead atoms. The fraction of sp³-hybridized carbons (Fsp3) is 0.611. The van der Waals surface area contributed by atoms with Crippen LogP contribution in [0.5, 0.6) is 0 Å². The van der Waals surface area contributed by atoms with Crippen LogP contribution in [0.4, 0.5) is 4.39 Å². The van der Waals surface area contributed by atoms with Crippen molar-refractivity contribution >= 4 is 18.3 Å². The number of hydrogen-bond acceptors (Lipinski definition) is 2. The molecule has 1 aliphatic rings. The van der Waals surface area contributed by atoms with E-state index < -0.39 is 0 Å². The third-order valence-corrected chi connectivity index (χ3v) is 4.45. The van der Waals surface area contributed by atoms with Gasteiger partial charge < -0.3 is 10.6 Å². The van der Waals surface area contributed by atoms with Crippen molar-refractivity contribution in [2.75, 3.05) is 19.6 Å². The van der Waals surface area contributed by atoms with Gasteiger partial charge in [0.2, 0.25) is 5.91 Å². The molecule has 23 heavy (non-hydrogen) atoms. The van der Waals surface area contributed by atoms with E-state index in [0.717, 1.165) is 44.5 Å². The molecule has 0 radical (unpaired) electrons. The Morgan fingerprint density at radius 3 is 3.00 bits per heavy atom. The number of amides is 1. The highest BCUT2D eigenvalue weighted by Gasteiger charge is 2.15. The average Bonchev–Trinajstić information content (AvgIpc) is 2.53. The summed E-state index contributed by atoms with van der Waals surface area (Å²) in [6.45, 7) is 4.90. The Balaban J connectivity index is 0.00000264. The molecule has 1 aromatic rings. The number of aryl methyl sites for hydroxylation is 1. The average molecular weight is 343 g/mol. The Hall–Kier alpha value is -1.13. The molecule has 2 unspecified atom stereocenters. The zero-order chi connectivity index (χ0) is 15.8. The lowest BCUT2D eigenvalue weighted by molar-refractivity contribution is -0.124. The number of carbonyl (C=O) groups is 1. The topological polar surface area (TPSA) is 41.1 Å². The minimum atomic E-state index is -0.212. The second-order valence-electron chi connectivity index (χ2n) is 6.36. The summed E-state index contributed by atoms with van der Waals surface area (Å²) in [5.74, 6) is 0.556. The lowest BCUT2D eigenvalue weighted by Crippen LogP contribution is -2.35. The fourth-order valence-electron chi connectivity index (χ4n) is 2.95. The van der Waals surface area contributed by atoms with Crippen molar-refractivity contribution < 1.29 is 9.18 Å². The molecule has 0 spiro atoms. The fourth-order valence-corrected chi connectivity index (χ4v) is 2.95. The highest BCUT2D eigenvalue weighted by atomic mass is 35.5. The molecule has 1 fully saturated rings. The number of rotatable bonds is 7. The molecule has 2 atom stereocenters. The van der Waals surface area contributed by atoms with Gasteiger partial charge >= 0.3 is 0 Å². The highest BCUT2D eigenvalue weighted by Crippen LogP contribution is 2.14. The Bertz CT molecular complexity index is 478. The summed E-state index contributed by atoms with van der Waals surface area (Å²) in [7, 11) is 0. The maximum atomic E-state index is 13.1. The molecule has 1 amide bonds. The van der Waals surface area contributed by atoms with Crippen LogP contribution in [-0.2, 0) is 11.2 Å². The molecule has 2 rings (SSSR count). The SMILES string of the molecule is CC(CCc1cccc(F)c1)C(=O)NCCC1CCCNC1.Cl. The van der Waals surface area contributed by atoms with Crippen molar-refractivity contribution in [1.29, 1.82) is 0 Å². The van der Waals surface area contributed by atoms with Crippen LogP contribution in [0.1, 0.15) is 38.2 Å². The predicted molar refractivity (Wildman–Crippen MR) is 94.4 cm³/mol. The number of benzene rings is 1. The first-order valence-corrected chi connectivity index (χ1v) is 8.38. The van der Waals surface area contributed by atoms with Crippen LogP contribution in [-0.4, -0.2) is 25.5 Å². The largest absolute Gasteiger partial charge is 0.356 e. The number of hydrogen-bond donors (Lipinski definition) is 2. The molecule has 1 aliphatic heterocycles. The second kappa shape index (κ2) is 10.6. The van der Waals surface area contributed by atoms with Crippen LogP contribution in [0.15, 0.2) is 24.3 Å². The highest BCUT2D eigenvalue weighted by molar-refractivity contribution is 5.85. The monoisotopic (exact) mass is 342 g/mol. The summed E-state index contributed by atoms with van der Waals surface area (Å²) in [6.07, 6.45) is 5.04. The maximum absolute atomic E-state index is 13.1. The van der Waals surface area contributed by atoms with E-state index in [1.54, 1.807) is 12.1 Å². The van der Waals surface area contributed by atoms with Crippen molar-refractivity contribution in [3.8, 4) is 0 Å². The Labute approximate surface area is 144 Å². The molecule has 0 aromatic heterocycles. The smallest absolute Gasteiger partial charge is 0.222 e. The molecule has 0 aliphatic carbocycles. The van der Waals surface area contributed by atoms with Gasteiger partial charge in [-0.05, 0) is 68.8 Å². The lowest BCUT2D eigenvalue weighted by Gasteiger charge is -2.23. The van der Waals surface area contributed by atoms with Gasteiger partial charge in [0.1, 0.15) is 5.82 Å². The van der Waals surface area contributed by atoms with E-state index in [1.807, 2.05) is 13.0 Å². The van der Waals surface area contributed by atoms with E-state index in [0.29, 0.717) is 5.92 Å². The molecule has 3 nitrogen and oxygen atoms in total. The standard InChI is InChI=1S/C18H27FN2O.ClH/c1-14(7-8-15-4-2-6-17(19)12-15)18(22)21-11-9-16-5-3-10-20-13-16;/h2,4,6,12,14,16,20H,3,5,7-11,13H2,1H3,(H,21,22);1H. The third-order valence-electron chi connectivity index (χ3n) is 4.45. The van der Waals surface area contributed by atoms with Crippen molar-refractivity contribution in [3.05, 3.63) is 35.6 Å². The first-order valence-electron chi connectivity index (χ1n) is 8.38. The number of halogens is 2. The van der Waals surface area contributed by atoms with Crippen LogP contribution >= 0.6 is 12.4 Å². The zero-order valence-corrected chi connectivity index (χ0v) is 14.6. The van der Waals surface area contributed by atoms with Crippen molar-refractivity contribution in [2.45, 2.75) is 39.0 Å². The van der Waals surface area contributed by atoms with Crippen molar-refractivity contribution in [3.63, 3.8) is 0 Å². The van der Waals surface area contributed by atoms with E-state index >= 15 is 0 Å². The summed E-state index contributed by atoms with van der Waals surface area (Å²) in [6, 6.07) is 6.61. The van der Waals surface area contributed by atoms with Gasteiger partial charge in [-0.2, -0.15) is 0 Å². The summed E-state index contributed by atoms with van der Waals surface area (Å²) in [5, 5.41) is 6.43. The van der Waals surface area contributed by atoms with Gasteiger partial charge in [-0.25, -0.2) is 4.39 Å². The number of piperidine rings is 1. The van der Waals surface area contributed by atoms with Gasteiger partial charge in [-0.15, -0.1) is 12.4 Å². The number of nitrogens with one attached hydrogen (secondary N) is 2. The predicted octanol–water partition coefficient (Wildman–Crippen LogP) is 3.32. The zero-order valence-electron chi connectivity index (χ0n) is 13.8. The summed E-state index contributed by atoms with van der Waals surface area (Å²) >= 11 is 0. The van der Waals surface area contributed by atoms with Gasteiger partial charge in [0.25, 0.3) is 0 Å². The minimum Gasteiger partial charge on any atom is -0.356 e. The van der Waals surface area contributed by atoms with E-state index in [9.17, 15) is 9.18 Å². The van der Waals surface area contributed by atoms with Gasteiger partial charge in [0, 0.05) is 12.5 Å². The second-order valence-corrected chi connectivity index (χ2v) is 6.36. The van der Waals surface area contributed by atoms with E-state index in [-0.39, 0.29) is 30.0 Å². The van der Waals surface area contributed by atoms with Crippen LogP contribution in [0.2, 0.25) is 0 Å². The van der Waals surface area contributed by atoms with Crippen molar-refractivity contribution in [2.24, 2.45) is 11.8 Å². The molecule has 130 valence electrons. The summed E-state index contributed by atoms with van der Waals surface area (Å²) < 4.78 is 13.1. The first kappa shape index (κ1) is 19.9. The normalized spacial score (nSPS) is 18.8. The van der Waals surface area contributed by atoms with Gasteiger partial charge in [0.05, 0.1) is 0 Å². The Morgan fingerprint density at radius 2 is 2.30 bits per heavy atom. The van der Waals surface area contributed by atoms with E-state index in [2.05, 4.69) is 10.6 Å². The lowest BCUT2D eigenvalue weighted by atomic mass is 9.96. The number of carbonyl (C=O) groups excluding carboxylic acids is 1. The van der Waals surface area contributed by atoms with Crippen LogP contribution in [0.3, 0.4) is 0 Å². The van der Waals surface area contributed by atoms with E-state index in [1.165, 1.54) is 18.9 Å².